The number of carbonyl (C=O) groups excluding carboxylic acids is 2. The average Bonchev–Trinajstić information content (AvgIpc) is 3.32. The fourth-order valence-corrected chi connectivity index (χ4v) is 3.68. The normalized spacial score (nSPS) is 10.7. The van der Waals surface area contributed by atoms with Gasteiger partial charge < -0.3 is 25.0 Å². The number of carbonyl (C=O) groups is 3. The SMILES string of the molecule is COc1cc(C(=O)N(C)c2ccc(C)cc2C(=O)O)ccc1NC(=O)c1cccc2[nH]cnc12. The Morgan fingerprint density at radius 1 is 1.06 bits per heavy atom. The first-order valence-electron chi connectivity index (χ1n) is 10.3. The molecule has 9 nitrogen and oxygen atoms in total. The summed E-state index contributed by atoms with van der Waals surface area (Å²) in [4.78, 5) is 46.1. The van der Waals surface area contributed by atoms with E-state index in [0.29, 0.717) is 16.8 Å². The standard InChI is InChI=1S/C25H22N4O5/c1-14-7-10-20(17(11-14)25(32)33)29(2)24(31)15-8-9-18(21(12-15)34-3)28-23(30)16-5-4-6-19-22(16)27-13-26-19/h4-13H,1-3H3,(H,26,27)(H,28,30)(H,32,33). The van der Waals surface area contributed by atoms with Gasteiger partial charge in [-0.3, -0.25) is 9.59 Å². The minimum atomic E-state index is -1.12. The number of aryl methyl sites for hydroxylation is 1. The molecule has 1 heterocycles. The highest BCUT2D eigenvalue weighted by Crippen LogP contribution is 2.29. The molecule has 0 saturated heterocycles. The summed E-state index contributed by atoms with van der Waals surface area (Å²) in [5.41, 5.74) is 3.38. The van der Waals surface area contributed by atoms with Gasteiger partial charge in [0.05, 0.1) is 41.5 Å². The van der Waals surface area contributed by atoms with Crippen molar-refractivity contribution in [3.05, 3.63) is 83.2 Å². The number of aromatic carboxylic acids is 1. The van der Waals surface area contributed by atoms with E-state index in [1.807, 2.05) is 6.07 Å². The number of nitrogens with zero attached hydrogens (tertiary/aromatic N) is 2. The Kier molecular flexibility index (Phi) is 6.01. The fourth-order valence-electron chi connectivity index (χ4n) is 3.68. The van der Waals surface area contributed by atoms with Gasteiger partial charge in [-0.05, 0) is 49.4 Å². The number of hydrogen-bond donors (Lipinski definition) is 3. The quantitative estimate of drug-likeness (QED) is 0.399. The topological polar surface area (TPSA) is 125 Å². The van der Waals surface area contributed by atoms with E-state index in [1.54, 1.807) is 43.3 Å². The number of carboxylic acids is 1. The number of H-pyrrole nitrogens is 1. The third-order valence-corrected chi connectivity index (χ3v) is 5.44. The molecule has 0 bridgehead atoms. The summed E-state index contributed by atoms with van der Waals surface area (Å²) >= 11 is 0. The third-order valence-electron chi connectivity index (χ3n) is 5.44. The smallest absolute Gasteiger partial charge is 0.337 e. The molecular weight excluding hydrogens is 436 g/mol. The van der Waals surface area contributed by atoms with Crippen molar-refractivity contribution in [2.75, 3.05) is 24.4 Å². The summed E-state index contributed by atoms with van der Waals surface area (Å²) in [6, 6.07) is 14.7. The van der Waals surface area contributed by atoms with Crippen LogP contribution in [-0.2, 0) is 0 Å². The van der Waals surface area contributed by atoms with Gasteiger partial charge in [-0.25, -0.2) is 9.78 Å². The van der Waals surface area contributed by atoms with Crippen molar-refractivity contribution in [3.8, 4) is 5.75 Å². The highest BCUT2D eigenvalue weighted by molar-refractivity contribution is 6.13. The number of methoxy groups -OCH3 is 1. The summed E-state index contributed by atoms with van der Waals surface area (Å²) in [6.07, 6.45) is 1.52. The molecule has 9 heteroatoms. The van der Waals surface area contributed by atoms with Crippen LogP contribution in [0.1, 0.15) is 36.6 Å². The van der Waals surface area contributed by atoms with Crippen LogP contribution in [0.2, 0.25) is 0 Å². The maximum atomic E-state index is 13.1. The number of imidazole rings is 1. The van der Waals surface area contributed by atoms with Gasteiger partial charge in [0, 0.05) is 12.6 Å². The molecule has 0 spiro atoms. The van der Waals surface area contributed by atoms with Crippen molar-refractivity contribution in [2.24, 2.45) is 0 Å². The van der Waals surface area contributed by atoms with Gasteiger partial charge in [0.15, 0.2) is 0 Å². The van der Waals surface area contributed by atoms with Crippen LogP contribution in [0.5, 0.6) is 5.75 Å². The van der Waals surface area contributed by atoms with Crippen molar-refractivity contribution in [2.45, 2.75) is 6.92 Å². The first kappa shape index (κ1) is 22.5. The summed E-state index contributed by atoms with van der Waals surface area (Å²) in [5.74, 6) is -1.65. The van der Waals surface area contributed by atoms with Crippen LogP contribution in [0.15, 0.2) is 60.9 Å². The van der Waals surface area contributed by atoms with E-state index in [1.165, 1.54) is 37.5 Å². The summed E-state index contributed by atoms with van der Waals surface area (Å²) in [6.45, 7) is 1.78. The largest absolute Gasteiger partial charge is 0.495 e. The minimum Gasteiger partial charge on any atom is -0.495 e. The van der Waals surface area contributed by atoms with Gasteiger partial charge in [0.2, 0.25) is 0 Å². The molecule has 0 aliphatic carbocycles. The Hall–Kier alpha value is -4.66. The van der Waals surface area contributed by atoms with Gasteiger partial charge in [0.1, 0.15) is 11.3 Å². The number of carboxylic acid groups (broad SMARTS) is 1. The second-order valence-electron chi connectivity index (χ2n) is 7.66. The maximum Gasteiger partial charge on any atom is 0.337 e. The maximum absolute atomic E-state index is 13.1. The molecular formula is C25H22N4O5. The number of anilines is 2. The van der Waals surface area contributed by atoms with Crippen LogP contribution in [-0.4, -0.2) is 47.0 Å². The molecule has 0 aliphatic heterocycles. The molecule has 0 atom stereocenters. The molecule has 4 aromatic rings. The van der Waals surface area contributed by atoms with Crippen LogP contribution in [0.4, 0.5) is 11.4 Å². The summed E-state index contributed by atoms with van der Waals surface area (Å²) in [5, 5.41) is 12.3. The Morgan fingerprint density at radius 2 is 1.85 bits per heavy atom. The number of para-hydroxylation sites is 1. The number of fused-ring (bicyclic) bond motifs is 1. The lowest BCUT2D eigenvalue weighted by atomic mass is 10.1. The zero-order valence-corrected chi connectivity index (χ0v) is 18.7. The summed E-state index contributed by atoms with van der Waals surface area (Å²) in [7, 11) is 2.94. The molecule has 0 radical (unpaired) electrons. The molecule has 34 heavy (non-hydrogen) atoms. The number of amides is 2. The first-order valence-corrected chi connectivity index (χ1v) is 10.3. The van der Waals surface area contributed by atoms with E-state index in [-0.39, 0.29) is 28.5 Å². The molecule has 0 saturated carbocycles. The zero-order valence-electron chi connectivity index (χ0n) is 18.7. The predicted octanol–water partition coefficient (Wildman–Crippen LogP) is 4.11. The second-order valence-corrected chi connectivity index (χ2v) is 7.66. The van der Waals surface area contributed by atoms with E-state index in [9.17, 15) is 19.5 Å². The summed E-state index contributed by atoms with van der Waals surface area (Å²) < 4.78 is 5.41. The molecule has 2 amide bonds. The third kappa shape index (κ3) is 4.18. The lowest BCUT2D eigenvalue weighted by molar-refractivity contribution is 0.0697. The first-order chi connectivity index (χ1) is 16.3. The number of aromatic nitrogens is 2. The predicted molar refractivity (Wildman–Crippen MR) is 128 cm³/mol. The van der Waals surface area contributed by atoms with E-state index in [4.69, 9.17) is 4.74 Å². The molecule has 0 unspecified atom stereocenters. The number of rotatable bonds is 6. The molecule has 1 aromatic heterocycles. The van der Waals surface area contributed by atoms with Gasteiger partial charge >= 0.3 is 5.97 Å². The molecule has 0 aliphatic rings. The van der Waals surface area contributed by atoms with Crippen molar-refractivity contribution in [1.29, 1.82) is 0 Å². The Balaban J connectivity index is 1.61. The van der Waals surface area contributed by atoms with E-state index in [0.717, 1.165) is 11.1 Å². The van der Waals surface area contributed by atoms with Crippen molar-refractivity contribution < 1.29 is 24.2 Å². The van der Waals surface area contributed by atoms with Gasteiger partial charge in [-0.1, -0.05) is 17.7 Å². The van der Waals surface area contributed by atoms with E-state index < -0.39 is 11.9 Å². The van der Waals surface area contributed by atoms with E-state index >= 15 is 0 Å². The lowest BCUT2D eigenvalue weighted by Gasteiger charge is -2.20. The van der Waals surface area contributed by atoms with Gasteiger partial charge in [0.25, 0.3) is 11.8 Å². The van der Waals surface area contributed by atoms with Crippen LogP contribution < -0.4 is 15.0 Å². The molecule has 3 aromatic carbocycles. The highest BCUT2D eigenvalue weighted by Gasteiger charge is 2.21. The molecule has 172 valence electrons. The van der Waals surface area contributed by atoms with Crippen LogP contribution in [0.25, 0.3) is 11.0 Å². The number of hydrogen-bond acceptors (Lipinski definition) is 5. The lowest BCUT2D eigenvalue weighted by Crippen LogP contribution is -2.28. The average molecular weight is 458 g/mol. The minimum absolute atomic E-state index is 0.0271. The van der Waals surface area contributed by atoms with Crippen LogP contribution >= 0.6 is 0 Å². The Morgan fingerprint density at radius 3 is 2.59 bits per heavy atom. The van der Waals surface area contributed by atoms with Crippen LogP contribution in [0, 0.1) is 6.92 Å². The van der Waals surface area contributed by atoms with Crippen molar-refractivity contribution >= 4 is 40.2 Å². The molecule has 3 N–H and O–H groups in total. The molecule has 4 rings (SSSR count). The van der Waals surface area contributed by atoms with Crippen molar-refractivity contribution in [3.63, 3.8) is 0 Å². The van der Waals surface area contributed by atoms with Gasteiger partial charge in [-0.15, -0.1) is 0 Å². The van der Waals surface area contributed by atoms with Crippen LogP contribution in [0.3, 0.4) is 0 Å². The number of benzene rings is 3. The second kappa shape index (κ2) is 9.07. The highest BCUT2D eigenvalue weighted by atomic mass is 16.5. The van der Waals surface area contributed by atoms with Crippen molar-refractivity contribution in [1.82, 2.24) is 9.97 Å². The van der Waals surface area contributed by atoms with E-state index in [2.05, 4.69) is 15.3 Å². The number of aromatic amines is 1. The van der Waals surface area contributed by atoms with Gasteiger partial charge in [-0.2, -0.15) is 0 Å². The number of nitrogens with one attached hydrogen (secondary N) is 2. The number of ether oxygens (including phenoxy) is 1. The zero-order chi connectivity index (χ0) is 24.4. The monoisotopic (exact) mass is 458 g/mol. The molecule has 0 fully saturated rings. The fraction of sp³-hybridized carbons (Fsp3) is 0.120. The Labute approximate surface area is 195 Å². The Bertz CT molecular complexity index is 1430.